The Kier molecular flexibility index (Phi) is 7.81. The van der Waals surface area contributed by atoms with Crippen LogP contribution >= 0.6 is 0 Å². The van der Waals surface area contributed by atoms with Gasteiger partial charge in [0.05, 0.1) is 18.5 Å². The van der Waals surface area contributed by atoms with Gasteiger partial charge in [0.2, 0.25) is 11.8 Å². The molecule has 146 valence electrons. The molecular formula is C20H22N4O4. The van der Waals surface area contributed by atoms with Crippen molar-refractivity contribution in [1.82, 2.24) is 9.88 Å². The van der Waals surface area contributed by atoms with Crippen molar-refractivity contribution in [3.8, 4) is 18.2 Å². The van der Waals surface area contributed by atoms with Crippen molar-refractivity contribution >= 4 is 23.3 Å². The summed E-state index contributed by atoms with van der Waals surface area (Å²) < 4.78 is 10.2. The minimum atomic E-state index is -0.442. The number of urea groups is 1. The predicted octanol–water partition coefficient (Wildman–Crippen LogP) is 2.19. The fraction of sp³-hybridized carbons (Fsp3) is 0.250. The number of methoxy groups -OCH3 is 1. The lowest BCUT2D eigenvalue weighted by Gasteiger charge is -2.17. The zero-order chi connectivity index (χ0) is 20.4. The number of benzene rings is 1. The normalized spacial score (nSPS) is 9.89. The van der Waals surface area contributed by atoms with E-state index in [2.05, 4.69) is 21.5 Å². The zero-order valence-electron chi connectivity index (χ0n) is 15.8. The number of rotatable bonds is 8. The number of ether oxygens (including phenoxy) is 2. The summed E-state index contributed by atoms with van der Waals surface area (Å²) in [5.74, 6) is 2.58. The maximum absolute atomic E-state index is 12.2. The van der Waals surface area contributed by atoms with Crippen molar-refractivity contribution in [2.45, 2.75) is 0 Å². The Labute approximate surface area is 163 Å². The van der Waals surface area contributed by atoms with Crippen molar-refractivity contribution in [3.63, 3.8) is 0 Å². The first-order valence-electron chi connectivity index (χ1n) is 8.48. The number of hydrogen-bond donors (Lipinski definition) is 2. The minimum Gasteiger partial charge on any atom is -0.475 e. The number of nitrogens with zero attached hydrogens (tertiary/aromatic N) is 2. The lowest BCUT2D eigenvalue weighted by Crippen LogP contribution is -2.37. The molecule has 2 aromatic rings. The van der Waals surface area contributed by atoms with Gasteiger partial charge in [-0.15, -0.1) is 6.42 Å². The zero-order valence-corrected chi connectivity index (χ0v) is 15.8. The van der Waals surface area contributed by atoms with Gasteiger partial charge in [-0.2, -0.15) is 0 Å². The molecule has 0 spiro atoms. The maximum Gasteiger partial charge on any atom is 0.322 e. The molecule has 1 aromatic heterocycles. The average molecular weight is 382 g/mol. The summed E-state index contributed by atoms with van der Waals surface area (Å²) in [6.07, 6.45) is 6.81. The van der Waals surface area contributed by atoms with Gasteiger partial charge < -0.3 is 25.0 Å². The summed E-state index contributed by atoms with van der Waals surface area (Å²) in [7, 11) is 3.10. The Morgan fingerprint density at radius 1 is 1.18 bits per heavy atom. The molecule has 2 N–H and O–H groups in total. The van der Waals surface area contributed by atoms with Crippen LogP contribution in [-0.4, -0.2) is 55.7 Å². The highest BCUT2D eigenvalue weighted by Gasteiger charge is 2.13. The third-order valence-corrected chi connectivity index (χ3v) is 3.57. The Morgan fingerprint density at radius 3 is 2.68 bits per heavy atom. The molecule has 0 aliphatic rings. The van der Waals surface area contributed by atoms with Gasteiger partial charge in [-0.05, 0) is 24.3 Å². The quantitative estimate of drug-likeness (QED) is 0.539. The van der Waals surface area contributed by atoms with E-state index in [4.69, 9.17) is 15.9 Å². The fourth-order valence-corrected chi connectivity index (χ4v) is 2.16. The molecule has 8 heteroatoms. The largest absolute Gasteiger partial charge is 0.475 e. The van der Waals surface area contributed by atoms with Gasteiger partial charge in [0.15, 0.2) is 0 Å². The van der Waals surface area contributed by atoms with Crippen LogP contribution in [0, 0.1) is 12.3 Å². The fourth-order valence-electron chi connectivity index (χ4n) is 2.16. The third kappa shape index (κ3) is 6.63. The number of nitrogens with one attached hydrogen (secondary N) is 2. The molecule has 0 fully saturated rings. The Balaban J connectivity index is 1.83. The van der Waals surface area contributed by atoms with Gasteiger partial charge in [-0.1, -0.05) is 12.0 Å². The predicted molar refractivity (Wildman–Crippen MR) is 106 cm³/mol. The molecule has 8 nitrogen and oxygen atoms in total. The van der Waals surface area contributed by atoms with Crippen LogP contribution in [0.2, 0.25) is 0 Å². The monoisotopic (exact) mass is 382 g/mol. The van der Waals surface area contributed by atoms with Crippen molar-refractivity contribution in [2.24, 2.45) is 0 Å². The number of terminal acetylenes is 1. The molecule has 0 saturated carbocycles. The summed E-state index contributed by atoms with van der Waals surface area (Å²) in [4.78, 5) is 29.7. The molecule has 1 heterocycles. The summed E-state index contributed by atoms with van der Waals surface area (Å²) in [6, 6.07) is 9.76. The molecule has 0 unspecified atom stereocenters. The van der Waals surface area contributed by atoms with E-state index in [1.165, 1.54) is 18.1 Å². The minimum absolute atomic E-state index is 0.127. The first-order chi connectivity index (χ1) is 13.5. The van der Waals surface area contributed by atoms with Crippen LogP contribution in [0.1, 0.15) is 5.56 Å². The lowest BCUT2D eigenvalue weighted by molar-refractivity contribution is -0.116. The van der Waals surface area contributed by atoms with E-state index in [1.807, 2.05) is 0 Å². The number of carbonyl (C=O) groups excluding carboxylic acids is 2. The van der Waals surface area contributed by atoms with Crippen molar-refractivity contribution in [1.29, 1.82) is 0 Å². The van der Waals surface area contributed by atoms with Crippen molar-refractivity contribution < 1.29 is 19.1 Å². The third-order valence-electron chi connectivity index (χ3n) is 3.57. The Morgan fingerprint density at radius 2 is 2.00 bits per heavy atom. The highest BCUT2D eigenvalue weighted by molar-refractivity contribution is 5.96. The van der Waals surface area contributed by atoms with E-state index >= 15 is 0 Å². The van der Waals surface area contributed by atoms with Crippen LogP contribution in [0.15, 0.2) is 42.6 Å². The summed E-state index contributed by atoms with van der Waals surface area (Å²) in [6.45, 7) is 0.717. The molecule has 28 heavy (non-hydrogen) atoms. The number of aromatic nitrogens is 1. The first kappa shape index (κ1) is 20.7. The van der Waals surface area contributed by atoms with Gasteiger partial charge >= 0.3 is 6.03 Å². The second-order valence-electron chi connectivity index (χ2n) is 5.79. The number of hydrogen-bond acceptors (Lipinski definition) is 5. The summed E-state index contributed by atoms with van der Waals surface area (Å²) in [5, 5.41) is 5.36. The van der Waals surface area contributed by atoms with Crippen LogP contribution in [0.5, 0.6) is 5.88 Å². The molecule has 0 aliphatic carbocycles. The highest BCUT2D eigenvalue weighted by atomic mass is 16.5. The second kappa shape index (κ2) is 10.5. The number of pyridine rings is 1. The molecule has 0 bridgehead atoms. The van der Waals surface area contributed by atoms with E-state index in [0.717, 1.165) is 0 Å². The van der Waals surface area contributed by atoms with Crippen LogP contribution in [0.25, 0.3) is 0 Å². The summed E-state index contributed by atoms with van der Waals surface area (Å²) >= 11 is 0. The smallest absolute Gasteiger partial charge is 0.322 e. The lowest BCUT2D eigenvalue weighted by atomic mass is 10.2. The van der Waals surface area contributed by atoms with Gasteiger partial charge in [0.25, 0.3) is 0 Å². The van der Waals surface area contributed by atoms with Gasteiger partial charge in [0.1, 0.15) is 13.2 Å². The second-order valence-corrected chi connectivity index (χ2v) is 5.79. The topological polar surface area (TPSA) is 92.8 Å². The summed E-state index contributed by atoms with van der Waals surface area (Å²) in [5.41, 5.74) is 1.71. The van der Waals surface area contributed by atoms with Gasteiger partial charge in [-0.25, -0.2) is 9.78 Å². The van der Waals surface area contributed by atoms with E-state index in [1.54, 1.807) is 43.5 Å². The molecular weight excluding hydrogens is 360 g/mol. The molecule has 2 rings (SSSR count). The van der Waals surface area contributed by atoms with E-state index in [-0.39, 0.29) is 12.5 Å². The molecule has 1 aromatic carbocycles. The molecule has 0 saturated heterocycles. The van der Waals surface area contributed by atoms with Crippen LogP contribution in [-0.2, 0) is 9.53 Å². The molecule has 0 aliphatic heterocycles. The maximum atomic E-state index is 12.2. The van der Waals surface area contributed by atoms with E-state index in [9.17, 15) is 9.59 Å². The van der Waals surface area contributed by atoms with E-state index in [0.29, 0.717) is 36.0 Å². The SMILES string of the molecule is C#Cc1cccc(NC(=O)CN(C)C(=O)Nc2ccc(OCCOC)nc2)c1. The molecule has 0 radical (unpaired) electrons. The number of anilines is 2. The number of likely N-dealkylation sites (N-methyl/N-ethyl adjacent to an activating group) is 1. The van der Waals surface area contributed by atoms with Crippen molar-refractivity contribution in [2.75, 3.05) is 44.5 Å². The number of carbonyl (C=O) groups is 2. The standard InChI is InChI=1S/C20H22N4O4/c1-4-15-6-5-7-16(12-15)22-18(25)14-24(2)20(26)23-17-8-9-19(21-13-17)28-11-10-27-3/h1,5-9,12-13H,10-11,14H2,2-3H3,(H,22,25)(H,23,26). The molecule has 0 atom stereocenters. The van der Waals surface area contributed by atoms with Crippen LogP contribution in [0.4, 0.5) is 16.2 Å². The number of amides is 3. The van der Waals surface area contributed by atoms with Crippen LogP contribution in [0.3, 0.4) is 0 Å². The van der Waals surface area contributed by atoms with Gasteiger partial charge in [-0.3, -0.25) is 4.79 Å². The van der Waals surface area contributed by atoms with E-state index < -0.39 is 6.03 Å². The Bertz CT molecular complexity index is 846. The van der Waals surface area contributed by atoms with Crippen molar-refractivity contribution in [3.05, 3.63) is 48.2 Å². The van der Waals surface area contributed by atoms with Gasteiger partial charge in [0, 0.05) is 31.5 Å². The highest BCUT2D eigenvalue weighted by Crippen LogP contribution is 2.12. The van der Waals surface area contributed by atoms with Crippen LogP contribution < -0.4 is 15.4 Å². The average Bonchev–Trinajstić information content (AvgIpc) is 2.69. The molecule has 3 amide bonds. The first-order valence-corrected chi connectivity index (χ1v) is 8.48. The Hall–Kier alpha value is -3.57.